The molecule has 5 rings (SSSR count). The summed E-state index contributed by atoms with van der Waals surface area (Å²) < 4.78 is 8.57. The predicted octanol–water partition coefficient (Wildman–Crippen LogP) is 4.39. The molecule has 2 aliphatic heterocycles. The summed E-state index contributed by atoms with van der Waals surface area (Å²) in [5, 5.41) is 2.59. The van der Waals surface area contributed by atoms with Gasteiger partial charge in [-0.2, -0.15) is 0 Å². The maximum Gasteiger partial charge on any atom is 0.189 e. The zero-order chi connectivity index (χ0) is 19.5. The molecule has 0 bridgehead atoms. The number of nitrogens with zero attached hydrogens (tertiary/aromatic N) is 3. The number of pyridine rings is 2. The number of likely N-dealkylation sites (tertiary alicyclic amines) is 1. The molecule has 0 spiro atoms. The van der Waals surface area contributed by atoms with Gasteiger partial charge in [0, 0.05) is 31.0 Å². The topological polar surface area (TPSA) is 29.2 Å². The number of rotatable bonds is 6. The van der Waals surface area contributed by atoms with E-state index in [9.17, 15) is 0 Å². The summed E-state index contributed by atoms with van der Waals surface area (Å²) in [6.45, 7) is 5.55. The maximum atomic E-state index is 6.16. The summed E-state index contributed by atoms with van der Waals surface area (Å²) in [6, 6.07) is 12.7. The van der Waals surface area contributed by atoms with Crippen LogP contribution in [0.1, 0.15) is 37.8 Å². The Hall–Kier alpha value is -2.46. The van der Waals surface area contributed by atoms with Crippen molar-refractivity contribution >= 4 is 10.8 Å². The molecule has 150 valence electrons. The number of benzene rings is 1. The highest BCUT2D eigenvalue weighted by atomic mass is 16.5. The van der Waals surface area contributed by atoms with Gasteiger partial charge in [-0.1, -0.05) is 12.5 Å². The van der Waals surface area contributed by atoms with Crippen molar-refractivity contribution in [1.29, 1.82) is 0 Å². The number of aryl methyl sites for hydroxylation is 2. The van der Waals surface area contributed by atoms with Gasteiger partial charge >= 0.3 is 0 Å². The first-order chi connectivity index (χ1) is 14.4. The van der Waals surface area contributed by atoms with Crippen molar-refractivity contribution in [2.45, 2.75) is 45.1 Å². The zero-order valence-corrected chi connectivity index (χ0v) is 17.1. The van der Waals surface area contributed by atoms with Gasteiger partial charge in [0.25, 0.3) is 0 Å². The molecule has 0 aliphatic carbocycles. The number of hydrogen-bond donors (Lipinski definition) is 0. The zero-order valence-electron chi connectivity index (χ0n) is 17.1. The Labute approximate surface area is 173 Å². The average molecular weight is 389 g/mol. The van der Waals surface area contributed by atoms with Gasteiger partial charge in [-0.3, -0.25) is 4.98 Å². The molecule has 0 saturated carbocycles. The van der Waals surface area contributed by atoms with Crippen LogP contribution in [0.25, 0.3) is 22.0 Å². The molecule has 0 radical (unpaired) electrons. The SMILES string of the molecule is c1ccc(-c2c[n+]3c(c4cc(OCCCN5CCCCC5)ccc24)CCC3)nc1. The highest BCUT2D eigenvalue weighted by Crippen LogP contribution is 2.32. The van der Waals surface area contributed by atoms with E-state index in [1.165, 1.54) is 60.8 Å². The lowest BCUT2D eigenvalue weighted by atomic mass is 10.0. The maximum absolute atomic E-state index is 6.16. The van der Waals surface area contributed by atoms with Crippen LogP contribution < -0.4 is 9.30 Å². The Morgan fingerprint density at radius 3 is 2.79 bits per heavy atom. The molecule has 1 saturated heterocycles. The minimum atomic E-state index is 0.789. The van der Waals surface area contributed by atoms with E-state index in [1.807, 2.05) is 12.3 Å². The summed E-state index contributed by atoms with van der Waals surface area (Å²) in [5.41, 5.74) is 3.68. The Kier molecular flexibility index (Phi) is 5.44. The first-order valence-electron chi connectivity index (χ1n) is 11.1. The van der Waals surface area contributed by atoms with Crippen LogP contribution in [0.5, 0.6) is 5.75 Å². The summed E-state index contributed by atoms with van der Waals surface area (Å²) in [7, 11) is 0. The monoisotopic (exact) mass is 388 g/mol. The predicted molar refractivity (Wildman–Crippen MR) is 116 cm³/mol. The van der Waals surface area contributed by atoms with Gasteiger partial charge in [-0.05, 0) is 62.7 Å². The van der Waals surface area contributed by atoms with Crippen molar-refractivity contribution in [2.75, 3.05) is 26.2 Å². The van der Waals surface area contributed by atoms with Gasteiger partial charge in [0.2, 0.25) is 0 Å². The van der Waals surface area contributed by atoms with Crippen LogP contribution >= 0.6 is 0 Å². The summed E-state index contributed by atoms with van der Waals surface area (Å²) >= 11 is 0. The van der Waals surface area contributed by atoms with Crippen molar-refractivity contribution in [3.05, 3.63) is 54.5 Å². The first kappa shape index (κ1) is 18.6. The van der Waals surface area contributed by atoms with E-state index < -0.39 is 0 Å². The molecule has 1 fully saturated rings. The van der Waals surface area contributed by atoms with Crippen molar-refractivity contribution in [3.8, 4) is 17.0 Å². The molecule has 3 aromatic rings. The summed E-state index contributed by atoms with van der Waals surface area (Å²) in [4.78, 5) is 7.18. The minimum absolute atomic E-state index is 0.789. The molecule has 2 aromatic heterocycles. The fourth-order valence-corrected chi connectivity index (χ4v) is 4.83. The standard InChI is InChI=1S/C25H30N3O/c1-4-13-27(14-5-1)15-7-17-29-20-10-11-21-22(18-20)25-9-6-16-28(25)19-23(21)24-8-2-3-12-26-24/h2-3,8,10-12,18-19H,1,4-7,9,13-17H2/q+1. The minimum Gasteiger partial charge on any atom is -0.494 e. The lowest BCUT2D eigenvalue weighted by Crippen LogP contribution is -2.33. The van der Waals surface area contributed by atoms with Crippen LogP contribution in [0, 0.1) is 0 Å². The van der Waals surface area contributed by atoms with E-state index in [0.29, 0.717) is 0 Å². The smallest absolute Gasteiger partial charge is 0.189 e. The lowest BCUT2D eigenvalue weighted by molar-refractivity contribution is -0.689. The highest BCUT2D eigenvalue weighted by molar-refractivity contribution is 5.96. The average Bonchev–Trinajstić information content (AvgIpc) is 3.26. The molecule has 4 heterocycles. The second-order valence-corrected chi connectivity index (χ2v) is 8.31. The summed E-state index contributed by atoms with van der Waals surface area (Å²) in [6.07, 6.45) is 11.7. The third-order valence-corrected chi connectivity index (χ3v) is 6.31. The normalized spacial score (nSPS) is 16.8. The van der Waals surface area contributed by atoms with Crippen molar-refractivity contribution in [2.24, 2.45) is 0 Å². The molecule has 0 amide bonds. The summed E-state index contributed by atoms with van der Waals surface area (Å²) in [5.74, 6) is 0.990. The molecule has 1 aromatic carbocycles. The van der Waals surface area contributed by atoms with Crippen LogP contribution in [0.15, 0.2) is 48.8 Å². The quantitative estimate of drug-likeness (QED) is 0.463. The van der Waals surface area contributed by atoms with Gasteiger partial charge in [-0.25, -0.2) is 4.57 Å². The van der Waals surface area contributed by atoms with Crippen molar-refractivity contribution in [3.63, 3.8) is 0 Å². The largest absolute Gasteiger partial charge is 0.494 e. The number of ether oxygens (including phenoxy) is 1. The molecule has 2 aliphatic rings. The van der Waals surface area contributed by atoms with Gasteiger partial charge in [0.05, 0.1) is 23.3 Å². The van der Waals surface area contributed by atoms with Crippen LogP contribution in [0.4, 0.5) is 0 Å². The van der Waals surface area contributed by atoms with E-state index >= 15 is 0 Å². The van der Waals surface area contributed by atoms with E-state index in [2.05, 4.69) is 51.0 Å². The Balaban J connectivity index is 1.37. The van der Waals surface area contributed by atoms with Crippen LogP contribution in [0.2, 0.25) is 0 Å². The molecule has 29 heavy (non-hydrogen) atoms. The number of hydrogen-bond acceptors (Lipinski definition) is 3. The molecular weight excluding hydrogens is 358 g/mol. The van der Waals surface area contributed by atoms with E-state index in [4.69, 9.17) is 4.74 Å². The fourth-order valence-electron chi connectivity index (χ4n) is 4.83. The molecule has 4 heteroatoms. The fraction of sp³-hybridized carbons (Fsp3) is 0.440. The second-order valence-electron chi connectivity index (χ2n) is 8.31. The van der Waals surface area contributed by atoms with Gasteiger partial charge in [-0.15, -0.1) is 0 Å². The molecule has 0 N–H and O–H groups in total. The third-order valence-electron chi connectivity index (χ3n) is 6.31. The molecule has 4 nitrogen and oxygen atoms in total. The second kappa shape index (κ2) is 8.50. The molecule has 0 unspecified atom stereocenters. The van der Waals surface area contributed by atoms with E-state index in [-0.39, 0.29) is 0 Å². The van der Waals surface area contributed by atoms with Crippen LogP contribution in [-0.4, -0.2) is 36.1 Å². The molecular formula is C25H30N3O+. The third kappa shape index (κ3) is 3.99. The highest BCUT2D eigenvalue weighted by Gasteiger charge is 2.25. The van der Waals surface area contributed by atoms with Crippen LogP contribution in [0.3, 0.4) is 0 Å². The van der Waals surface area contributed by atoms with E-state index in [1.54, 1.807) is 0 Å². The Bertz CT molecular complexity index is 980. The van der Waals surface area contributed by atoms with Gasteiger partial charge < -0.3 is 9.64 Å². The number of aromatic nitrogens is 2. The lowest BCUT2D eigenvalue weighted by Gasteiger charge is -2.26. The Morgan fingerprint density at radius 2 is 1.93 bits per heavy atom. The van der Waals surface area contributed by atoms with Crippen molar-refractivity contribution < 1.29 is 9.30 Å². The van der Waals surface area contributed by atoms with Gasteiger partial charge in [0.15, 0.2) is 11.9 Å². The number of fused-ring (bicyclic) bond motifs is 3. The number of piperidine rings is 1. The van der Waals surface area contributed by atoms with Crippen LogP contribution in [-0.2, 0) is 13.0 Å². The van der Waals surface area contributed by atoms with Crippen molar-refractivity contribution in [1.82, 2.24) is 9.88 Å². The van der Waals surface area contributed by atoms with E-state index in [0.717, 1.165) is 44.0 Å². The molecule has 0 atom stereocenters. The first-order valence-corrected chi connectivity index (χ1v) is 11.1. The van der Waals surface area contributed by atoms with Gasteiger partial charge in [0.1, 0.15) is 12.3 Å². The Morgan fingerprint density at radius 1 is 1.00 bits per heavy atom.